The topological polar surface area (TPSA) is 66.6 Å². The fourth-order valence-electron chi connectivity index (χ4n) is 3.98. The van der Waals surface area contributed by atoms with Gasteiger partial charge in [0.05, 0.1) is 5.25 Å². The second-order valence-corrected chi connectivity index (χ2v) is 8.72. The highest BCUT2D eigenvalue weighted by atomic mass is 32.2. The Hall–Kier alpha value is -0.170. The molecule has 2 aliphatic rings. The van der Waals surface area contributed by atoms with Crippen LogP contribution in [0.4, 0.5) is 0 Å². The third kappa shape index (κ3) is 3.18. The molecule has 0 amide bonds. The summed E-state index contributed by atoms with van der Waals surface area (Å²) in [5, 5.41) is -0.302. The number of rotatable bonds is 6. The molecule has 1 saturated heterocycles. The van der Waals surface area contributed by atoms with Gasteiger partial charge in [-0.05, 0) is 45.8 Å². The van der Waals surface area contributed by atoms with Gasteiger partial charge in [-0.15, -0.1) is 0 Å². The Morgan fingerprint density at radius 1 is 1.30 bits per heavy atom. The predicted octanol–water partition coefficient (Wildman–Crippen LogP) is 0.309. The first-order valence-corrected chi connectivity index (χ1v) is 9.68. The Balaban J connectivity index is 2.04. The molecule has 0 radical (unpaired) electrons. The molecule has 0 aromatic rings. The molecule has 0 aromatic heterocycles. The Bertz CT molecular complexity index is 420. The largest absolute Gasteiger partial charge is 0.329 e. The van der Waals surface area contributed by atoms with E-state index >= 15 is 0 Å². The second kappa shape index (κ2) is 6.30. The van der Waals surface area contributed by atoms with Gasteiger partial charge in [0, 0.05) is 31.4 Å². The van der Waals surface area contributed by atoms with E-state index in [0.717, 1.165) is 32.4 Å². The van der Waals surface area contributed by atoms with Crippen molar-refractivity contribution in [2.75, 3.05) is 46.0 Å². The van der Waals surface area contributed by atoms with Crippen molar-refractivity contribution in [1.29, 1.82) is 0 Å². The van der Waals surface area contributed by atoms with Crippen LogP contribution in [-0.2, 0) is 9.84 Å². The predicted molar refractivity (Wildman–Crippen MR) is 82.6 cm³/mol. The zero-order valence-corrected chi connectivity index (χ0v) is 13.7. The highest BCUT2D eigenvalue weighted by Crippen LogP contribution is 2.38. The molecule has 6 heteroatoms. The van der Waals surface area contributed by atoms with Crippen molar-refractivity contribution in [3.8, 4) is 0 Å². The van der Waals surface area contributed by atoms with Crippen LogP contribution in [0.2, 0.25) is 0 Å². The molecule has 1 aliphatic carbocycles. The van der Waals surface area contributed by atoms with E-state index in [2.05, 4.69) is 9.80 Å². The fourth-order valence-corrected chi connectivity index (χ4v) is 5.77. The SMILES string of the molecule is CN(CCN1CCCC1)C1(CN)CCCC1S(C)(=O)=O. The van der Waals surface area contributed by atoms with Gasteiger partial charge in [-0.2, -0.15) is 0 Å². The maximum Gasteiger partial charge on any atom is 0.152 e. The van der Waals surface area contributed by atoms with E-state index in [1.54, 1.807) is 0 Å². The minimum Gasteiger partial charge on any atom is -0.329 e. The number of likely N-dealkylation sites (tertiary alicyclic amines) is 1. The van der Waals surface area contributed by atoms with Crippen molar-refractivity contribution in [3.05, 3.63) is 0 Å². The first kappa shape index (κ1) is 16.2. The van der Waals surface area contributed by atoms with E-state index < -0.39 is 9.84 Å². The van der Waals surface area contributed by atoms with Crippen molar-refractivity contribution in [3.63, 3.8) is 0 Å². The number of hydrogen-bond donors (Lipinski definition) is 1. The lowest BCUT2D eigenvalue weighted by Crippen LogP contribution is -2.60. The van der Waals surface area contributed by atoms with Crippen molar-refractivity contribution in [1.82, 2.24) is 9.80 Å². The van der Waals surface area contributed by atoms with Gasteiger partial charge >= 0.3 is 0 Å². The molecule has 2 N–H and O–H groups in total. The van der Waals surface area contributed by atoms with Crippen LogP contribution < -0.4 is 5.73 Å². The maximum atomic E-state index is 12.1. The monoisotopic (exact) mass is 303 g/mol. The highest BCUT2D eigenvalue weighted by molar-refractivity contribution is 7.91. The van der Waals surface area contributed by atoms with Gasteiger partial charge < -0.3 is 10.6 Å². The van der Waals surface area contributed by atoms with E-state index in [9.17, 15) is 8.42 Å². The van der Waals surface area contributed by atoms with Crippen LogP contribution in [0.1, 0.15) is 32.1 Å². The lowest BCUT2D eigenvalue weighted by atomic mass is 9.95. The molecular formula is C14H29N3O2S. The molecule has 2 fully saturated rings. The third-order valence-corrected chi connectivity index (χ3v) is 6.96. The summed E-state index contributed by atoms with van der Waals surface area (Å²) < 4.78 is 24.2. The summed E-state index contributed by atoms with van der Waals surface area (Å²) in [6, 6.07) is 0. The maximum absolute atomic E-state index is 12.1. The second-order valence-electron chi connectivity index (χ2n) is 6.49. The molecular weight excluding hydrogens is 274 g/mol. The van der Waals surface area contributed by atoms with Crippen molar-refractivity contribution in [2.24, 2.45) is 5.73 Å². The normalized spacial score (nSPS) is 32.3. The van der Waals surface area contributed by atoms with Crippen molar-refractivity contribution in [2.45, 2.75) is 42.9 Å². The zero-order valence-electron chi connectivity index (χ0n) is 12.8. The molecule has 2 rings (SSSR count). The number of nitrogens with two attached hydrogens (primary N) is 1. The Kier molecular flexibility index (Phi) is 5.10. The summed E-state index contributed by atoms with van der Waals surface area (Å²) in [4.78, 5) is 4.69. The standard InChI is InChI=1S/C14H29N3O2S/c1-16(10-11-17-8-3-4-9-17)14(12-15)7-5-6-13(14)20(2,18)19/h13H,3-12,15H2,1-2H3. The van der Waals surface area contributed by atoms with Gasteiger partial charge in [0.25, 0.3) is 0 Å². The van der Waals surface area contributed by atoms with Crippen LogP contribution in [0.5, 0.6) is 0 Å². The molecule has 20 heavy (non-hydrogen) atoms. The van der Waals surface area contributed by atoms with Gasteiger partial charge in [0.2, 0.25) is 0 Å². The lowest BCUT2D eigenvalue weighted by Gasteiger charge is -2.42. The molecule has 0 spiro atoms. The van der Waals surface area contributed by atoms with Gasteiger partial charge in [-0.25, -0.2) is 8.42 Å². The Labute approximate surface area is 123 Å². The minimum absolute atomic E-state index is 0.302. The van der Waals surface area contributed by atoms with E-state index in [4.69, 9.17) is 5.73 Å². The molecule has 2 unspecified atom stereocenters. The van der Waals surface area contributed by atoms with Gasteiger partial charge in [-0.3, -0.25) is 4.90 Å². The number of nitrogens with zero attached hydrogens (tertiary/aromatic N) is 2. The Morgan fingerprint density at radius 3 is 2.50 bits per heavy atom. The minimum atomic E-state index is -3.04. The molecule has 0 bridgehead atoms. The summed E-state index contributed by atoms with van der Waals surface area (Å²) in [5.74, 6) is 0. The molecule has 1 saturated carbocycles. The van der Waals surface area contributed by atoms with Crippen molar-refractivity contribution >= 4 is 9.84 Å². The fraction of sp³-hybridized carbons (Fsp3) is 1.00. The quantitative estimate of drug-likeness (QED) is 0.765. The van der Waals surface area contributed by atoms with Crippen LogP contribution in [0.15, 0.2) is 0 Å². The molecule has 1 aliphatic heterocycles. The van der Waals surface area contributed by atoms with Crippen LogP contribution in [-0.4, -0.2) is 75.0 Å². The van der Waals surface area contributed by atoms with Gasteiger partial charge in [0.15, 0.2) is 9.84 Å². The lowest BCUT2D eigenvalue weighted by molar-refractivity contribution is 0.119. The highest BCUT2D eigenvalue weighted by Gasteiger charge is 2.49. The number of sulfone groups is 1. The van der Waals surface area contributed by atoms with E-state index in [0.29, 0.717) is 6.54 Å². The molecule has 2 atom stereocenters. The number of hydrogen-bond acceptors (Lipinski definition) is 5. The molecule has 118 valence electrons. The summed E-state index contributed by atoms with van der Waals surface area (Å²) >= 11 is 0. The van der Waals surface area contributed by atoms with Gasteiger partial charge in [-0.1, -0.05) is 6.42 Å². The molecule has 0 aromatic carbocycles. The van der Waals surface area contributed by atoms with E-state index in [-0.39, 0.29) is 10.8 Å². The van der Waals surface area contributed by atoms with Crippen LogP contribution >= 0.6 is 0 Å². The van der Waals surface area contributed by atoms with E-state index in [1.165, 1.54) is 32.2 Å². The third-order valence-electron chi connectivity index (χ3n) is 5.26. The summed E-state index contributed by atoms with van der Waals surface area (Å²) in [6.07, 6.45) is 6.56. The smallest absolute Gasteiger partial charge is 0.152 e. The zero-order chi connectivity index (χ0) is 14.8. The first-order chi connectivity index (χ1) is 9.40. The Morgan fingerprint density at radius 2 is 1.95 bits per heavy atom. The number of likely N-dealkylation sites (N-methyl/N-ethyl adjacent to an activating group) is 1. The van der Waals surface area contributed by atoms with E-state index in [1.807, 2.05) is 7.05 Å². The summed E-state index contributed by atoms with van der Waals surface area (Å²) in [7, 11) is -0.992. The molecule has 1 heterocycles. The average Bonchev–Trinajstić information content (AvgIpc) is 3.04. The van der Waals surface area contributed by atoms with Crippen molar-refractivity contribution < 1.29 is 8.42 Å². The summed E-state index contributed by atoms with van der Waals surface area (Å²) in [5.41, 5.74) is 5.67. The first-order valence-electron chi connectivity index (χ1n) is 7.73. The summed E-state index contributed by atoms with van der Waals surface area (Å²) in [6.45, 7) is 4.72. The van der Waals surface area contributed by atoms with Crippen LogP contribution in [0.3, 0.4) is 0 Å². The average molecular weight is 303 g/mol. The molecule has 5 nitrogen and oxygen atoms in total. The van der Waals surface area contributed by atoms with Crippen LogP contribution in [0, 0.1) is 0 Å². The van der Waals surface area contributed by atoms with Gasteiger partial charge in [0.1, 0.15) is 0 Å². The van der Waals surface area contributed by atoms with Crippen LogP contribution in [0.25, 0.3) is 0 Å².